The predicted octanol–water partition coefficient (Wildman–Crippen LogP) is 1.22. The molecule has 0 atom stereocenters. The Bertz CT molecular complexity index is 730. The van der Waals surface area contributed by atoms with Crippen molar-refractivity contribution in [3.05, 3.63) is 45.5 Å². The lowest BCUT2D eigenvalue weighted by molar-refractivity contribution is 0.0771. The number of aromatic amines is 1. The summed E-state index contributed by atoms with van der Waals surface area (Å²) in [6.45, 7) is 2.03. The number of aromatic nitrogens is 3. The van der Waals surface area contributed by atoms with Crippen molar-refractivity contribution in [3.8, 4) is 0 Å². The molecule has 0 saturated heterocycles. The number of nitrogens with one attached hydrogen (secondary N) is 1. The lowest BCUT2D eigenvalue weighted by atomic mass is 10.1. The number of pyridine rings is 1. The highest BCUT2D eigenvalue weighted by Gasteiger charge is 2.26. The van der Waals surface area contributed by atoms with Gasteiger partial charge in [0.2, 0.25) is 5.89 Å². The Morgan fingerprint density at radius 1 is 1.52 bits per heavy atom. The molecule has 110 valence electrons. The fraction of sp³-hybridized carbons (Fsp3) is 0.429. The second kappa shape index (κ2) is 5.16. The van der Waals surface area contributed by atoms with E-state index in [1.165, 1.54) is 17.7 Å². The van der Waals surface area contributed by atoms with Crippen LogP contribution in [-0.4, -0.2) is 33.0 Å². The molecule has 7 nitrogen and oxygen atoms in total. The maximum atomic E-state index is 12.4. The van der Waals surface area contributed by atoms with E-state index in [1.54, 1.807) is 13.2 Å². The minimum atomic E-state index is -0.627. The van der Waals surface area contributed by atoms with Gasteiger partial charge >= 0.3 is 5.76 Å². The molecule has 1 aliphatic rings. The lowest BCUT2D eigenvalue weighted by Gasteiger charge is -2.16. The van der Waals surface area contributed by atoms with Crippen LogP contribution < -0.4 is 5.76 Å². The molecule has 0 spiro atoms. The SMILES string of the molecule is Cc1cc(C2CC2)ncc1C(=O)N(C)Cc1n[nH]c(=O)o1. The Hall–Kier alpha value is -2.44. The second-order valence-electron chi connectivity index (χ2n) is 5.37. The molecular formula is C14H16N4O3. The third-order valence-electron chi connectivity index (χ3n) is 3.56. The smallest absolute Gasteiger partial charge is 0.391 e. The third kappa shape index (κ3) is 2.86. The van der Waals surface area contributed by atoms with Gasteiger partial charge in [0.25, 0.3) is 5.91 Å². The number of H-pyrrole nitrogens is 1. The van der Waals surface area contributed by atoms with Crippen LogP contribution >= 0.6 is 0 Å². The highest BCUT2D eigenvalue weighted by atomic mass is 16.4. The molecule has 2 aromatic rings. The molecule has 0 bridgehead atoms. The summed E-state index contributed by atoms with van der Waals surface area (Å²) in [4.78, 5) is 29.1. The van der Waals surface area contributed by atoms with Crippen LogP contribution in [0.5, 0.6) is 0 Å². The second-order valence-corrected chi connectivity index (χ2v) is 5.37. The van der Waals surface area contributed by atoms with E-state index in [2.05, 4.69) is 15.2 Å². The molecule has 1 saturated carbocycles. The van der Waals surface area contributed by atoms with E-state index in [0.717, 1.165) is 11.3 Å². The molecule has 0 unspecified atom stereocenters. The van der Waals surface area contributed by atoms with E-state index in [0.29, 0.717) is 11.5 Å². The van der Waals surface area contributed by atoms with Crippen LogP contribution in [0.3, 0.4) is 0 Å². The molecule has 0 radical (unpaired) electrons. The maximum Gasteiger partial charge on any atom is 0.434 e. The Balaban J connectivity index is 1.75. The number of nitrogens with zero attached hydrogens (tertiary/aromatic N) is 3. The summed E-state index contributed by atoms with van der Waals surface area (Å²) in [5.74, 6) is -0.0644. The van der Waals surface area contributed by atoms with Crippen LogP contribution in [0.25, 0.3) is 0 Å². The van der Waals surface area contributed by atoms with Gasteiger partial charge in [-0.05, 0) is 31.4 Å². The van der Waals surface area contributed by atoms with E-state index >= 15 is 0 Å². The topological polar surface area (TPSA) is 92.1 Å². The monoisotopic (exact) mass is 288 g/mol. The fourth-order valence-corrected chi connectivity index (χ4v) is 2.21. The van der Waals surface area contributed by atoms with Gasteiger partial charge in [-0.1, -0.05) is 0 Å². The van der Waals surface area contributed by atoms with Crippen LogP contribution in [0.4, 0.5) is 0 Å². The highest BCUT2D eigenvalue weighted by Crippen LogP contribution is 2.39. The summed E-state index contributed by atoms with van der Waals surface area (Å²) in [6.07, 6.45) is 3.98. The number of amides is 1. The van der Waals surface area contributed by atoms with Gasteiger partial charge in [-0.2, -0.15) is 0 Å². The zero-order chi connectivity index (χ0) is 15.0. The molecule has 3 rings (SSSR count). The fourth-order valence-electron chi connectivity index (χ4n) is 2.21. The highest BCUT2D eigenvalue weighted by molar-refractivity contribution is 5.95. The van der Waals surface area contributed by atoms with E-state index in [-0.39, 0.29) is 18.3 Å². The zero-order valence-corrected chi connectivity index (χ0v) is 11.9. The first-order chi connectivity index (χ1) is 10.0. The van der Waals surface area contributed by atoms with Crippen molar-refractivity contribution >= 4 is 5.91 Å². The third-order valence-corrected chi connectivity index (χ3v) is 3.56. The molecule has 1 amide bonds. The van der Waals surface area contributed by atoms with Crippen molar-refractivity contribution in [1.29, 1.82) is 0 Å². The molecule has 0 aliphatic heterocycles. The van der Waals surface area contributed by atoms with Gasteiger partial charge in [-0.3, -0.25) is 9.78 Å². The van der Waals surface area contributed by atoms with Gasteiger partial charge in [0.1, 0.15) is 0 Å². The van der Waals surface area contributed by atoms with Gasteiger partial charge in [0.15, 0.2) is 0 Å². The molecule has 1 N–H and O–H groups in total. The summed E-state index contributed by atoms with van der Waals surface area (Å²) < 4.78 is 4.80. The van der Waals surface area contributed by atoms with Crippen molar-refractivity contribution in [2.45, 2.75) is 32.2 Å². The van der Waals surface area contributed by atoms with Crippen molar-refractivity contribution in [2.24, 2.45) is 0 Å². The molecule has 1 fully saturated rings. The number of hydrogen-bond acceptors (Lipinski definition) is 5. The molecule has 2 aromatic heterocycles. The van der Waals surface area contributed by atoms with E-state index in [4.69, 9.17) is 4.42 Å². The zero-order valence-electron chi connectivity index (χ0n) is 11.9. The van der Waals surface area contributed by atoms with E-state index < -0.39 is 5.76 Å². The summed E-state index contributed by atoms with van der Waals surface area (Å²) in [5, 5.41) is 5.85. The first-order valence-corrected chi connectivity index (χ1v) is 6.81. The van der Waals surface area contributed by atoms with Gasteiger partial charge in [0, 0.05) is 24.9 Å². The van der Waals surface area contributed by atoms with Gasteiger partial charge in [-0.25, -0.2) is 9.89 Å². The number of carbonyl (C=O) groups is 1. The Labute approximate surface area is 121 Å². The van der Waals surface area contributed by atoms with Crippen molar-refractivity contribution in [1.82, 2.24) is 20.1 Å². The van der Waals surface area contributed by atoms with Crippen LogP contribution in [0.1, 0.15) is 46.3 Å². The van der Waals surface area contributed by atoms with Crippen LogP contribution in [0, 0.1) is 6.92 Å². The average Bonchev–Trinajstić information content (AvgIpc) is 3.22. The predicted molar refractivity (Wildman–Crippen MR) is 73.9 cm³/mol. The average molecular weight is 288 g/mol. The summed E-state index contributed by atoms with van der Waals surface area (Å²) >= 11 is 0. The molecular weight excluding hydrogens is 272 g/mol. The van der Waals surface area contributed by atoms with Crippen molar-refractivity contribution < 1.29 is 9.21 Å². The quantitative estimate of drug-likeness (QED) is 0.913. The minimum Gasteiger partial charge on any atom is -0.391 e. The minimum absolute atomic E-state index is 0.126. The van der Waals surface area contributed by atoms with Crippen molar-refractivity contribution in [2.75, 3.05) is 7.05 Å². The number of rotatable bonds is 4. The lowest BCUT2D eigenvalue weighted by Crippen LogP contribution is -2.27. The number of hydrogen-bond donors (Lipinski definition) is 1. The summed E-state index contributed by atoms with van der Waals surface area (Å²) in [6, 6.07) is 1.98. The molecule has 2 heterocycles. The van der Waals surface area contributed by atoms with Gasteiger partial charge in [0.05, 0.1) is 12.1 Å². The maximum absolute atomic E-state index is 12.4. The largest absolute Gasteiger partial charge is 0.434 e. The number of carbonyl (C=O) groups excluding carboxylic acids is 1. The normalized spacial score (nSPS) is 14.2. The van der Waals surface area contributed by atoms with Gasteiger partial charge < -0.3 is 9.32 Å². The molecule has 7 heteroatoms. The molecule has 0 aromatic carbocycles. The van der Waals surface area contributed by atoms with E-state index in [9.17, 15) is 9.59 Å². The standard InChI is InChI=1S/C14H16N4O3/c1-8-5-11(9-3-4-9)15-6-10(8)13(19)18(2)7-12-16-17-14(20)21-12/h5-6,9H,3-4,7H2,1-2H3,(H,17,20). The first-order valence-electron chi connectivity index (χ1n) is 6.81. The molecule has 21 heavy (non-hydrogen) atoms. The van der Waals surface area contributed by atoms with Crippen LogP contribution in [0.2, 0.25) is 0 Å². The summed E-state index contributed by atoms with van der Waals surface area (Å²) in [5.41, 5.74) is 2.53. The van der Waals surface area contributed by atoms with Crippen molar-refractivity contribution in [3.63, 3.8) is 0 Å². The van der Waals surface area contributed by atoms with Crippen LogP contribution in [0.15, 0.2) is 21.5 Å². The molecule has 1 aliphatic carbocycles. The number of aryl methyl sites for hydroxylation is 1. The van der Waals surface area contributed by atoms with E-state index in [1.807, 2.05) is 13.0 Å². The Morgan fingerprint density at radius 3 is 2.86 bits per heavy atom. The van der Waals surface area contributed by atoms with Gasteiger partial charge in [-0.15, -0.1) is 5.10 Å². The Kier molecular flexibility index (Phi) is 3.32. The Morgan fingerprint density at radius 2 is 2.29 bits per heavy atom. The van der Waals surface area contributed by atoms with Crippen LogP contribution in [-0.2, 0) is 6.54 Å². The first kappa shape index (κ1) is 13.5. The summed E-state index contributed by atoms with van der Waals surface area (Å²) in [7, 11) is 1.63.